The second-order valence-electron chi connectivity index (χ2n) is 7.19. The molecule has 9 nitrogen and oxygen atoms in total. The molecule has 0 aliphatic carbocycles. The Morgan fingerprint density at radius 1 is 1.00 bits per heavy atom. The lowest BCUT2D eigenvalue weighted by molar-refractivity contribution is 0.102. The smallest absolute Gasteiger partial charge is 0.255 e. The van der Waals surface area contributed by atoms with E-state index < -0.39 is 10.0 Å². The van der Waals surface area contributed by atoms with Gasteiger partial charge >= 0.3 is 0 Å². The summed E-state index contributed by atoms with van der Waals surface area (Å²) in [7, 11) is -3.82. The van der Waals surface area contributed by atoms with Crippen LogP contribution < -0.4 is 15.8 Å². The average Bonchev–Trinajstić information content (AvgIpc) is 2.81. The number of aryl methyl sites for hydroxylation is 1. The minimum absolute atomic E-state index is 0.0608. The summed E-state index contributed by atoms with van der Waals surface area (Å²) >= 11 is 0. The third kappa shape index (κ3) is 5.37. The number of anilines is 3. The Hall–Kier alpha value is -4.15. The molecule has 0 radical (unpaired) electrons. The van der Waals surface area contributed by atoms with Crippen molar-refractivity contribution in [1.29, 1.82) is 0 Å². The van der Waals surface area contributed by atoms with Crippen molar-refractivity contribution >= 4 is 33.3 Å². The zero-order valence-electron chi connectivity index (χ0n) is 17.6. The minimum atomic E-state index is -3.82. The third-order valence-corrected chi connectivity index (χ3v) is 5.73. The molecule has 0 bridgehead atoms. The van der Waals surface area contributed by atoms with Gasteiger partial charge in [-0.05, 0) is 67.1 Å². The van der Waals surface area contributed by atoms with Gasteiger partial charge in [0.2, 0.25) is 16.0 Å². The molecule has 1 amide bonds. The van der Waals surface area contributed by atoms with E-state index in [2.05, 4.69) is 25.6 Å². The molecule has 2 aromatic carbocycles. The van der Waals surface area contributed by atoms with Crippen LogP contribution in [0.25, 0.3) is 11.3 Å². The summed E-state index contributed by atoms with van der Waals surface area (Å²) in [6.45, 7) is 1.92. The number of hydrogen-bond donors (Lipinski definition) is 3. The topological polar surface area (TPSA) is 140 Å². The van der Waals surface area contributed by atoms with Gasteiger partial charge in [0, 0.05) is 41.1 Å². The Balaban J connectivity index is 1.52. The molecule has 4 rings (SSSR count). The van der Waals surface area contributed by atoms with Gasteiger partial charge in [-0.3, -0.25) is 9.78 Å². The third-order valence-electron chi connectivity index (χ3n) is 4.80. The maximum atomic E-state index is 12.6. The van der Waals surface area contributed by atoms with Crippen molar-refractivity contribution in [2.24, 2.45) is 5.14 Å². The van der Waals surface area contributed by atoms with Crippen molar-refractivity contribution < 1.29 is 13.2 Å². The summed E-state index contributed by atoms with van der Waals surface area (Å²) in [6.07, 6.45) is 5.08. The molecule has 0 saturated carbocycles. The molecule has 0 spiro atoms. The minimum Gasteiger partial charge on any atom is -0.324 e. The second-order valence-corrected chi connectivity index (χ2v) is 8.75. The van der Waals surface area contributed by atoms with E-state index in [0.717, 1.165) is 22.5 Å². The molecular weight excluding hydrogens is 440 g/mol. The highest BCUT2D eigenvalue weighted by molar-refractivity contribution is 7.89. The van der Waals surface area contributed by atoms with Crippen LogP contribution in [0.4, 0.5) is 17.3 Å². The first-order chi connectivity index (χ1) is 15.8. The summed E-state index contributed by atoms with van der Waals surface area (Å²) in [5.74, 6) is 0.0158. The summed E-state index contributed by atoms with van der Waals surface area (Å²) in [5.41, 5.74) is 4.10. The molecule has 0 aliphatic heterocycles. The van der Waals surface area contributed by atoms with Crippen molar-refractivity contribution in [2.75, 3.05) is 10.6 Å². The summed E-state index contributed by atoms with van der Waals surface area (Å²) in [5, 5.41) is 11.1. The maximum absolute atomic E-state index is 12.6. The molecule has 0 unspecified atom stereocenters. The van der Waals surface area contributed by atoms with E-state index in [1.807, 2.05) is 25.1 Å². The predicted molar refractivity (Wildman–Crippen MR) is 125 cm³/mol. The first-order valence-electron chi connectivity index (χ1n) is 9.85. The zero-order valence-corrected chi connectivity index (χ0v) is 18.4. The van der Waals surface area contributed by atoms with Crippen molar-refractivity contribution in [3.05, 3.63) is 90.4 Å². The molecule has 166 valence electrons. The number of sulfonamides is 1. The van der Waals surface area contributed by atoms with E-state index in [1.165, 1.54) is 24.3 Å². The van der Waals surface area contributed by atoms with Crippen LogP contribution in [-0.2, 0) is 10.0 Å². The number of primary sulfonamides is 1. The number of nitrogens with zero attached hydrogens (tertiary/aromatic N) is 3. The molecular formula is C23H20N6O3S. The first-order valence-corrected chi connectivity index (χ1v) is 11.4. The van der Waals surface area contributed by atoms with Gasteiger partial charge in [-0.1, -0.05) is 6.07 Å². The maximum Gasteiger partial charge on any atom is 0.255 e. The van der Waals surface area contributed by atoms with Crippen LogP contribution in [0.2, 0.25) is 0 Å². The Kier molecular flexibility index (Phi) is 6.11. The number of amides is 1. The van der Waals surface area contributed by atoms with Crippen LogP contribution in [0.3, 0.4) is 0 Å². The van der Waals surface area contributed by atoms with Crippen LogP contribution in [0.1, 0.15) is 15.9 Å². The fraction of sp³-hybridized carbons (Fsp3) is 0.0435. The van der Waals surface area contributed by atoms with Gasteiger partial charge in [0.25, 0.3) is 5.91 Å². The standard InChI is InChI=1S/C23H20N6O3S/c1-15-4-7-18(27-22(30)16-5-8-19(9-6-16)33(24,31)32)13-21(15)29-23-26-12-10-20(28-23)17-3-2-11-25-14-17/h2-14H,1H3,(H,27,30)(H2,24,31,32)(H,26,28,29). The SMILES string of the molecule is Cc1ccc(NC(=O)c2ccc(S(N)(=O)=O)cc2)cc1Nc1nccc(-c2cccnc2)n1. The number of carbonyl (C=O) groups excluding carboxylic acids is 1. The Morgan fingerprint density at radius 3 is 2.48 bits per heavy atom. The number of benzene rings is 2. The largest absolute Gasteiger partial charge is 0.324 e. The number of rotatable bonds is 6. The predicted octanol–water partition coefficient (Wildman–Crippen LogP) is 3.49. The van der Waals surface area contributed by atoms with Gasteiger partial charge in [-0.15, -0.1) is 0 Å². The normalized spacial score (nSPS) is 11.1. The highest BCUT2D eigenvalue weighted by atomic mass is 32.2. The van der Waals surface area contributed by atoms with Crippen LogP contribution in [0.15, 0.2) is 84.1 Å². The Labute approximate surface area is 190 Å². The van der Waals surface area contributed by atoms with E-state index in [1.54, 1.807) is 36.8 Å². The molecule has 2 aromatic heterocycles. The van der Waals surface area contributed by atoms with E-state index >= 15 is 0 Å². The molecule has 4 aromatic rings. The molecule has 0 aliphatic rings. The highest BCUT2D eigenvalue weighted by Gasteiger charge is 2.12. The molecule has 0 atom stereocenters. The van der Waals surface area contributed by atoms with E-state index in [0.29, 0.717) is 17.2 Å². The fourth-order valence-electron chi connectivity index (χ4n) is 3.05. The number of hydrogen-bond acceptors (Lipinski definition) is 7. The lowest BCUT2D eigenvalue weighted by Gasteiger charge is -2.12. The van der Waals surface area contributed by atoms with Crippen molar-refractivity contribution in [3.63, 3.8) is 0 Å². The van der Waals surface area contributed by atoms with E-state index in [9.17, 15) is 13.2 Å². The van der Waals surface area contributed by atoms with Gasteiger partial charge in [0.05, 0.1) is 10.6 Å². The zero-order chi connectivity index (χ0) is 23.4. The molecule has 0 saturated heterocycles. The van der Waals surface area contributed by atoms with Crippen LogP contribution in [0.5, 0.6) is 0 Å². The quantitative estimate of drug-likeness (QED) is 0.400. The van der Waals surface area contributed by atoms with E-state index in [-0.39, 0.29) is 10.8 Å². The van der Waals surface area contributed by atoms with Crippen LogP contribution in [-0.4, -0.2) is 29.3 Å². The summed E-state index contributed by atoms with van der Waals surface area (Å²) in [4.78, 5) is 25.5. The monoisotopic (exact) mass is 460 g/mol. The van der Waals surface area contributed by atoms with Crippen molar-refractivity contribution in [1.82, 2.24) is 15.0 Å². The van der Waals surface area contributed by atoms with Gasteiger partial charge in [0.1, 0.15) is 0 Å². The number of nitrogens with two attached hydrogens (primary N) is 1. The van der Waals surface area contributed by atoms with Gasteiger partial charge in [0.15, 0.2) is 0 Å². The van der Waals surface area contributed by atoms with Gasteiger partial charge < -0.3 is 10.6 Å². The number of pyridine rings is 1. The lowest BCUT2D eigenvalue weighted by Crippen LogP contribution is -2.14. The summed E-state index contributed by atoms with van der Waals surface area (Å²) < 4.78 is 22.8. The van der Waals surface area contributed by atoms with E-state index in [4.69, 9.17) is 5.14 Å². The van der Waals surface area contributed by atoms with Crippen LogP contribution >= 0.6 is 0 Å². The Morgan fingerprint density at radius 2 is 1.79 bits per heavy atom. The lowest BCUT2D eigenvalue weighted by atomic mass is 10.1. The van der Waals surface area contributed by atoms with Gasteiger partial charge in [-0.2, -0.15) is 0 Å². The molecule has 10 heteroatoms. The number of nitrogens with one attached hydrogen (secondary N) is 2. The molecule has 0 fully saturated rings. The fourth-order valence-corrected chi connectivity index (χ4v) is 3.56. The van der Waals surface area contributed by atoms with Crippen LogP contribution in [0, 0.1) is 6.92 Å². The molecule has 33 heavy (non-hydrogen) atoms. The molecule has 2 heterocycles. The van der Waals surface area contributed by atoms with Gasteiger partial charge in [-0.25, -0.2) is 23.5 Å². The molecule has 4 N–H and O–H groups in total. The summed E-state index contributed by atoms with van der Waals surface area (Å²) in [6, 6.07) is 16.3. The average molecular weight is 461 g/mol. The Bertz CT molecular complexity index is 1410. The number of carbonyl (C=O) groups is 1. The number of aromatic nitrogens is 3. The second kappa shape index (κ2) is 9.15. The first kappa shape index (κ1) is 22.1. The highest BCUT2D eigenvalue weighted by Crippen LogP contribution is 2.24. The van der Waals surface area contributed by atoms with Crippen molar-refractivity contribution in [3.8, 4) is 11.3 Å². The van der Waals surface area contributed by atoms with Crippen molar-refractivity contribution in [2.45, 2.75) is 11.8 Å².